The summed E-state index contributed by atoms with van der Waals surface area (Å²) in [7, 11) is 0. The first kappa shape index (κ1) is 24.6. The van der Waals surface area contributed by atoms with E-state index in [1.807, 2.05) is 45.0 Å². The van der Waals surface area contributed by atoms with Crippen molar-refractivity contribution < 1.29 is 14.3 Å². The minimum absolute atomic E-state index is 0.0723. The first-order valence-electron chi connectivity index (χ1n) is 11.8. The Morgan fingerprint density at radius 1 is 0.970 bits per heavy atom. The van der Waals surface area contributed by atoms with Crippen LogP contribution in [0.4, 0.5) is 11.4 Å². The van der Waals surface area contributed by atoms with Gasteiger partial charge in [0.15, 0.2) is 0 Å². The van der Waals surface area contributed by atoms with E-state index in [2.05, 4.69) is 27.4 Å². The van der Waals surface area contributed by atoms with Crippen molar-refractivity contribution in [2.24, 2.45) is 5.92 Å². The van der Waals surface area contributed by atoms with Crippen LogP contribution in [-0.4, -0.2) is 62.1 Å². The van der Waals surface area contributed by atoms with Crippen LogP contribution in [0.25, 0.3) is 0 Å². The van der Waals surface area contributed by atoms with Crippen LogP contribution >= 0.6 is 0 Å². The number of nitrogens with one attached hydrogen (secondary N) is 2. The van der Waals surface area contributed by atoms with Crippen molar-refractivity contribution in [2.45, 2.75) is 33.7 Å². The molecule has 0 saturated carbocycles. The molecule has 1 heterocycles. The monoisotopic (exact) mass is 452 g/mol. The van der Waals surface area contributed by atoms with Gasteiger partial charge in [-0.25, -0.2) is 0 Å². The number of carbonyl (C=O) groups is 2. The SMILES string of the molecule is CCOc1ccc(C(=O)N[C@H](C(=O)Nc2ccccc2N2CCN(CC)CC2)C(C)C)cc1. The van der Waals surface area contributed by atoms with E-state index in [1.165, 1.54) is 0 Å². The van der Waals surface area contributed by atoms with Crippen LogP contribution in [0, 0.1) is 5.92 Å². The zero-order valence-electron chi connectivity index (χ0n) is 20.1. The molecule has 2 N–H and O–H groups in total. The molecule has 7 nitrogen and oxygen atoms in total. The fraction of sp³-hybridized carbons (Fsp3) is 0.462. The van der Waals surface area contributed by atoms with Crippen LogP contribution in [0.2, 0.25) is 0 Å². The van der Waals surface area contributed by atoms with Crippen LogP contribution in [-0.2, 0) is 4.79 Å². The summed E-state index contributed by atoms with van der Waals surface area (Å²) < 4.78 is 5.44. The van der Waals surface area contributed by atoms with Crippen LogP contribution in [0.1, 0.15) is 38.1 Å². The Hall–Kier alpha value is -3.06. The number of para-hydroxylation sites is 2. The van der Waals surface area contributed by atoms with Crippen molar-refractivity contribution in [3.8, 4) is 5.75 Å². The first-order valence-corrected chi connectivity index (χ1v) is 11.8. The molecule has 1 aliphatic heterocycles. The molecule has 0 aliphatic carbocycles. The molecule has 0 spiro atoms. The molecule has 2 aromatic carbocycles. The first-order chi connectivity index (χ1) is 15.9. The summed E-state index contributed by atoms with van der Waals surface area (Å²) in [6.07, 6.45) is 0. The highest BCUT2D eigenvalue weighted by Gasteiger charge is 2.26. The van der Waals surface area contributed by atoms with Crippen molar-refractivity contribution in [1.82, 2.24) is 10.2 Å². The molecule has 0 unspecified atom stereocenters. The van der Waals surface area contributed by atoms with Gasteiger partial charge in [0.1, 0.15) is 11.8 Å². The number of hydrogen-bond acceptors (Lipinski definition) is 5. The molecule has 1 atom stereocenters. The van der Waals surface area contributed by atoms with E-state index in [0.29, 0.717) is 17.9 Å². The largest absolute Gasteiger partial charge is 0.494 e. The van der Waals surface area contributed by atoms with Gasteiger partial charge in [-0.3, -0.25) is 9.59 Å². The van der Waals surface area contributed by atoms with E-state index in [1.54, 1.807) is 24.3 Å². The lowest BCUT2D eigenvalue weighted by atomic mass is 10.0. The van der Waals surface area contributed by atoms with Gasteiger partial charge in [-0.1, -0.05) is 32.9 Å². The molecule has 1 fully saturated rings. The second-order valence-corrected chi connectivity index (χ2v) is 8.58. The van der Waals surface area contributed by atoms with Crippen LogP contribution in [0.15, 0.2) is 48.5 Å². The van der Waals surface area contributed by atoms with Crippen LogP contribution < -0.4 is 20.3 Å². The molecule has 0 radical (unpaired) electrons. The second-order valence-electron chi connectivity index (χ2n) is 8.58. The lowest BCUT2D eigenvalue weighted by molar-refractivity contribution is -0.118. The van der Waals surface area contributed by atoms with Crippen LogP contribution in [0.5, 0.6) is 5.75 Å². The predicted octanol–water partition coefficient (Wildman–Crippen LogP) is 3.62. The summed E-state index contributed by atoms with van der Waals surface area (Å²) in [6.45, 7) is 13.4. The van der Waals surface area contributed by atoms with E-state index >= 15 is 0 Å². The summed E-state index contributed by atoms with van der Waals surface area (Å²) in [5, 5.41) is 5.97. The topological polar surface area (TPSA) is 73.9 Å². The van der Waals surface area contributed by atoms with E-state index in [0.717, 1.165) is 44.1 Å². The Morgan fingerprint density at radius 2 is 1.64 bits per heavy atom. The molecule has 7 heteroatoms. The molecule has 0 aromatic heterocycles. The molecule has 33 heavy (non-hydrogen) atoms. The molecule has 0 bridgehead atoms. The van der Waals surface area contributed by atoms with Gasteiger partial charge in [0.2, 0.25) is 5.91 Å². The summed E-state index contributed by atoms with van der Waals surface area (Å²) in [4.78, 5) is 30.8. The summed E-state index contributed by atoms with van der Waals surface area (Å²) in [5.41, 5.74) is 2.28. The van der Waals surface area contributed by atoms with E-state index in [-0.39, 0.29) is 17.7 Å². The summed E-state index contributed by atoms with van der Waals surface area (Å²) in [6, 6.07) is 14.2. The Bertz CT molecular complexity index is 921. The zero-order chi connectivity index (χ0) is 23.8. The molecular formula is C26H36N4O3. The Balaban J connectivity index is 1.69. The normalized spacial score (nSPS) is 15.2. The molecule has 2 amide bonds. The number of rotatable bonds is 9. The molecule has 1 aliphatic rings. The van der Waals surface area contributed by atoms with Gasteiger partial charge in [0, 0.05) is 31.7 Å². The van der Waals surface area contributed by atoms with Crippen molar-refractivity contribution in [3.63, 3.8) is 0 Å². The molecular weight excluding hydrogens is 416 g/mol. The van der Waals surface area contributed by atoms with E-state index < -0.39 is 6.04 Å². The Labute approximate surface area is 197 Å². The number of anilines is 2. The highest BCUT2D eigenvalue weighted by molar-refractivity contribution is 6.02. The highest BCUT2D eigenvalue weighted by Crippen LogP contribution is 2.27. The minimum Gasteiger partial charge on any atom is -0.494 e. The molecule has 1 saturated heterocycles. The maximum Gasteiger partial charge on any atom is 0.251 e. The zero-order valence-corrected chi connectivity index (χ0v) is 20.1. The molecule has 2 aromatic rings. The standard InChI is InChI=1S/C26H36N4O3/c1-5-29-15-17-30(18-16-29)23-10-8-7-9-22(23)27-26(32)24(19(3)4)28-25(31)20-11-13-21(14-12-20)33-6-2/h7-14,19,24H,5-6,15-18H2,1-4H3,(H,27,32)(H,28,31)/t24-/m0/s1. The average Bonchev–Trinajstić information content (AvgIpc) is 2.83. The Kier molecular flexibility index (Phi) is 8.72. The maximum absolute atomic E-state index is 13.2. The fourth-order valence-corrected chi connectivity index (χ4v) is 4.00. The number of ether oxygens (including phenoxy) is 1. The second kappa shape index (κ2) is 11.7. The lowest BCUT2D eigenvalue weighted by Gasteiger charge is -2.36. The number of nitrogens with zero attached hydrogens (tertiary/aromatic N) is 2. The van der Waals surface area contributed by atoms with Crippen molar-refractivity contribution >= 4 is 23.2 Å². The van der Waals surface area contributed by atoms with Crippen molar-refractivity contribution in [2.75, 3.05) is 49.5 Å². The number of likely N-dealkylation sites (N-methyl/N-ethyl adjacent to an activating group) is 1. The van der Waals surface area contributed by atoms with E-state index in [9.17, 15) is 9.59 Å². The maximum atomic E-state index is 13.2. The Morgan fingerprint density at radius 3 is 2.24 bits per heavy atom. The third-order valence-corrected chi connectivity index (χ3v) is 5.99. The minimum atomic E-state index is -0.658. The van der Waals surface area contributed by atoms with Gasteiger partial charge >= 0.3 is 0 Å². The number of carbonyl (C=O) groups excluding carboxylic acids is 2. The van der Waals surface area contributed by atoms with Gasteiger partial charge in [-0.2, -0.15) is 0 Å². The van der Waals surface area contributed by atoms with Gasteiger partial charge in [-0.05, 0) is 55.8 Å². The number of benzene rings is 2. The number of amides is 2. The van der Waals surface area contributed by atoms with Gasteiger partial charge in [0.05, 0.1) is 18.0 Å². The molecule has 3 rings (SSSR count). The van der Waals surface area contributed by atoms with Gasteiger partial charge in [0.25, 0.3) is 5.91 Å². The number of piperazine rings is 1. The van der Waals surface area contributed by atoms with Gasteiger partial charge in [-0.15, -0.1) is 0 Å². The fourth-order valence-electron chi connectivity index (χ4n) is 4.00. The van der Waals surface area contributed by atoms with Crippen molar-refractivity contribution in [3.05, 3.63) is 54.1 Å². The summed E-state index contributed by atoms with van der Waals surface area (Å²) in [5.74, 6) is 0.139. The van der Waals surface area contributed by atoms with E-state index in [4.69, 9.17) is 4.74 Å². The number of hydrogen-bond donors (Lipinski definition) is 2. The van der Waals surface area contributed by atoms with Gasteiger partial charge < -0.3 is 25.2 Å². The predicted molar refractivity (Wildman–Crippen MR) is 133 cm³/mol. The third kappa shape index (κ3) is 6.48. The lowest BCUT2D eigenvalue weighted by Crippen LogP contribution is -2.48. The van der Waals surface area contributed by atoms with Crippen molar-refractivity contribution in [1.29, 1.82) is 0 Å². The smallest absolute Gasteiger partial charge is 0.251 e. The summed E-state index contributed by atoms with van der Waals surface area (Å²) >= 11 is 0. The molecule has 178 valence electrons. The average molecular weight is 453 g/mol. The highest BCUT2D eigenvalue weighted by atomic mass is 16.5. The quantitative estimate of drug-likeness (QED) is 0.608. The van der Waals surface area contributed by atoms with Crippen LogP contribution in [0.3, 0.4) is 0 Å². The third-order valence-electron chi connectivity index (χ3n) is 5.99.